The Morgan fingerprint density at radius 1 is 1.11 bits per heavy atom. The molecule has 0 saturated heterocycles. The van der Waals surface area contributed by atoms with Gasteiger partial charge in [-0.2, -0.15) is 0 Å². The number of aromatic nitrogens is 6. The first-order valence-electron chi connectivity index (χ1n) is 10.3. The van der Waals surface area contributed by atoms with E-state index in [0.717, 1.165) is 17.0 Å². The lowest BCUT2D eigenvalue weighted by Crippen LogP contribution is -2.34. The number of nitrogens with zero attached hydrogens (tertiary/aromatic N) is 5. The number of amides is 1. The van der Waals surface area contributed by atoms with Crippen molar-refractivity contribution in [1.82, 2.24) is 34.8 Å². The number of imidazole rings is 1. The fourth-order valence-electron chi connectivity index (χ4n) is 3.68. The Hall–Kier alpha value is -4.23. The van der Waals surface area contributed by atoms with Gasteiger partial charge in [0.15, 0.2) is 10.7 Å². The van der Waals surface area contributed by atoms with E-state index in [0.29, 0.717) is 0 Å². The number of H-pyrrole nitrogens is 1. The zero-order valence-corrected chi connectivity index (χ0v) is 19.7. The number of benzene rings is 2. The number of rotatable bonds is 6. The highest BCUT2D eigenvalue weighted by Gasteiger charge is 2.25. The largest absolute Gasteiger partial charge is 0.348 e. The summed E-state index contributed by atoms with van der Waals surface area (Å²) in [5.74, 6) is -2.55. The van der Waals surface area contributed by atoms with Gasteiger partial charge in [0.2, 0.25) is 15.7 Å². The normalized spacial score (nSPS) is 11.7. The van der Waals surface area contributed by atoms with Crippen LogP contribution in [0.3, 0.4) is 0 Å². The first-order valence-corrected chi connectivity index (χ1v) is 12.4. The number of nitrogens with one attached hydrogen (secondary N) is 2. The summed E-state index contributed by atoms with van der Waals surface area (Å²) in [4.78, 5) is 44.4. The van der Waals surface area contributed by atoms with Crippen LogP contribution in [0, 0.1) is 5.82 Å². The van der Waals surface area contributed by atoms with Crippen LogP contribution in [0.5, 0.6) is 0 Å². The van der Waals surface area contributed by atoms with Crippen molar-refractivity contribution in [3.05, 3.63) is 82.1 Å². The van der Waals surface area contributed by atoms with Crippen LogP contribution in [0.1, 0.15) is 5.82 Å². The molecule has 0 radical (unpaired) electrons. The molecule has 0 fully saturated rings. The van der Waals surface area contributed by atoms with Gasteiger partial charge in [-0.15, -0.1) is 0 Å². The number of fused-ring (bicyclic) bond motifs is 2. The standard InChI is InChI=1S/C22H15ClFN7O4S/c23-12-4-1-2-7-15(12)31-16(30-14-6-3-5-13(24)18(14)22(31)33)8-25-17(32)9-36(34,35)21-19-20(27-10-26-19)28-11-29-21/h1-7,10-11H,8-9H2,(H,25,32)(H,26,27,28,29). The number of aromatic amines is 1. The predicted octanol–water partition coefficient (Wildman–Crippen LogP) is 1.93. The van der Waals surface area contributed by atoms with Crippen molar-refractivity contribution in [3.8, 4) is 5.69 Å². The molecule has 0 bridgehead atoms. The summed E-state index contributed by atoms with van der Waals surface area (Å²) in [5.41, 5.74) is -0.216. The van der Waals surface area contributed by atoms with Crippen molar-refractivity contribution in [2.24, 2.45) is 0 Å². The van der Waals surface area contributed by atoms with Gasteiger partial charge in [-0.05, 0) is 24.3 Å². The zero-order valence-electron chi connectivity index (χ0n) is 18.1. The van der Waals surface area contributed by atoms with Crippen molar-refractivity contribution < 1.29 is 17.6 Å². The fourth-order valence-corrected chi connectivity index (χ4v) is 5.16. The van der Waals surface area contributed by atoms with Gasteiger partial charge in [0.1, 0.15) is 34.6 Å². The van der Waals surface area contributed by atoms with E-state index in [1.165, 1.54) is 18.5 Å². The van der Waals surface area contributed by atoms with E-state index in [1.807, 2.05) is 0 Å². The third kappa shape index (κ3) is 4.18. The van der Waals surface area contributed by atoms with E-state index in [2.05, 4.69) is 30.2 Å². The van der Waals surface area contributed by atoms with E-state index < -0.39 is 32.9 Å². The summed E-state index contributed by atoms with van der Waals surface area (Å²) < 4.78 is 41.2. The fraction of sp³-hybridized carbons (Fsp3) is 0.0909. The van der Waals surface area contributed by atoms with E-state index in [9.17, 15) is 22.4 Å². The minimum absolute atomic E-state index is 0.0231. The molecule has 11 nitrogen and oxygen atoms in total. The maximum absolute atomic E-state index is 14.5. The number of sulfone groups is 1. The number of carbonyl (C=O) groups excluding carboxylic acids is 1. The molecule has 0 spiro atoms. The molecular weight excluding hydrogens is 513 g/mol. The third-order valence-electron chi connectivity index (χ3n) is 5.26. The van der Waals surface area contributed by atoms with E-state index in [4.69, 9.17) is 11.6 Å². The first-order chi connectivity index (χ1) is 17.3. The molecule has 14 heteroatoms. The summed E-state index contributed by atoms with van der Waals surface area (Å²) in [6, 6.07) is 10.4. The first kappa shape index (κ1) is 23.5. The Morgan fingerprint density at radius 2 is 1.92 bits per heavy atom. The van der Waals surface area contributed by atoms with Crippen LogP contribution in [0.4, 0.5) is 4.39 Å². The quantitative estimate of drug-likeness (QED) is 0.318. The van der Waals surface area contributed by atoms with Gasteiger partial charge in [-0.1, -0.05) is 29.8 Å². The zero-order chi connectivity index (χ0) is 25.4. The Labute approximate surface area is 206 Å². The highest BCUT2D eigenvalue weighted by molar-refractivity contribution is 7.92. The molecule has 0 atom stereocenters. The van der Waals surface area contributed by atoms with E-state index in [-0.39, 0.29) is 50.2 Å². The summed E-state index contributed by atoms with van der Waals surface area (Å²) in [6.45, 7) is -0.343. The van der Waals surface area contributed by atoms with Gasteiger partial charge < -0.3 is 10.3 Å². The van der Waals surface area contributed by atoms with Crippen LogP contribution in [0.2, 0.25) is 5.02 Å². The predicted molar refractivity (Wildman–Crippen MR) is 128 cm³/mol. The molecule has 3 heterocycles. The van der Waals surface area contributed by atoms with Gasteiger partial charge in [0, 0.05) is 0 Å². The van der Waals surface area contributed by atoms with Gasteiger partial charge >= 0.3 is 0 Å². The highest BCUT2D eigenvalue weighted by atomic mass is 35.5. The lowest BCUT2D eigenvalue weighted by Gasteiger charge is -2.15. The molecular formula is C22H15ClFN7O4S. The number of hydrogen-bond acceptors (Lipinski definition) is 8. The van der Waals surface area contributed by atoms with Crippen LogP contribution in [-0.4, -0.2) is 49.6 Å². The number of para-hydroxylation sites is 1. The number of carbonyl (C=O) groups is 1. The number of halogens is 2. The topological polar surface area (TPSA) is 153 Å². The molecule has 0 aliphatic heterocycles. The second kappa shape index (κ2) is 9.09. The Morgan fingerprint density at radius 3 is 2.72 bits per heavy atom. The molecule has 0 saturated carbocycles. The SMILES string of the molecule is O=C(CS(=O)(=O)c1ncnc2nc[nH]c12)NCc1nc2cccc(F)c2c(=O)n1-c1ccccc1Cl. The number of hydrogen-bond donors (Lipinski definition) is 2. The lowest BCUT2D eigenvalue weighted by molar-refractivity contribution is -0.118. The Balaban J connectivity index is 1.49. The van der Waals surface area contributed by atoms with Crippen LogP contribution in [0.25, 0.3) is 27.8 Å². The van der Waals surface area contributed by atoms with Crippen molar-refractivity contribution in [3.63, 3.8) is 0 Å². The second-order valence-corrected chi connectivity index (χ2v) is 9.88. The summed E-state index contributed by atoms with van der Waals surface area (Å²) in [6.07, 6.45) is 2.30. The summed E-state index contributed by atoms with van der Waals surface area (Å²) >= 11 is 6.28. The smallest absolute Gasteiger partial charge is 0.269 e. The van der Waals surface area contributed by atoms with E-state index >= 15 is 0 Å². The molecule has 2 aromatic carbocycles. The Bertz CT molecular complexity index is 1820. The molecule has 0 aliphatic carbocycles. The molecule has 0 unspecified atom stereocenters. The van der Waals surface area contributed by atoms with Crippen molar-refractivity contribution in [2.45, 2.75) is 11.6 Å². The van der Waals surface area contributed by atoms with Gasteiger partial charge in [0.05, 0.1) is 29.1 Å². The van der Waals surface area contributed by atoms with Crippen LogP contribution < -0.4 is 10.9 Å². The van der Waals surface area contributed by atoms with E-state index in [1.54, 1.807) is 24.3 Å². The Kier molecular flexibility index (Phi) is 5.94. The van der Waals surface area contributed by atoms with Crippen LogP contribution >= 0.6 is 11.6 Å². The second-order valence-electron chi connectivity index (χ2n) is 7.57. The van der Waals surface area contributed by atoms with Crippen molar-refractivity contribution >= 4 is 49.4 Å². The molecule has 5 rings (SSSR count). The van der Waals surface area contributed by atoms with Crippen LogP contribution in [-0.2, 0) is 21.2 Å². The maximum atomic E-state index is 14.5. The maximum Gasteiger partial charge on any atom is 0.269 e. The molecule has 36 heavy (non-hydrogen) atoms. The average molecular weight is 528 g/mol. The highest BCUT2D eigenvalue weighted by Crippen LogP contribution is 2.22. The average Bonchev–Trinajstić information content (AvgIpc) is 3.32. The van der Waals surface area contributed by atoms with Crippen molar-refractivity contribution in [1.29, 1.82) is 0 Å². The third-order valence-corrected chi connectivity index (χ3v) is 7.12. The van der Waals surface area contributed by atoms with Gasteiger partial charge in [-0.3, -0.25) is 14.2 Å². The molecule has 5 aromatic rings. The monoisotopic (exact) mass is 527 g/mol. The molecule has 3 aromatic heterocycles. The minimum Gasteiger partial charge on any atom is -0.348 e. The lowest BCUT2D eigenvalue weighted by atomic mass is 10.2. The summed E-state index contributed by atoms with van der Waals surface area (Å²) in [5, 5.41) is 2.03. The van der Waals surface area contributed by atoms with Crippen molar-refractivity contribution in [2.75, 3.05) is 5.75 Å². The minimum atomic E-state index is -4.17. The van der Waals surface area contributed by atoms with Crippen LogP contribution in [0.15, 0.2) is 64.9 Å². The molecule has 2 N–H and O–H groups in total. The van der Waals surface area contributed by atoms with Gasteiger partial charge in [-0.25, -0.2) is 32.7 Å². The molecule has 182 valence electrons. The van der Waals surface area contributed by atoms with Gasteiger partial charge in [0.25, 0.3) is 5.56 Å². The summed E-state index contributed by atoms with van der Waals surface area (Å²) in [7, 11) is -4.17. The molecule has 0 aliphatic rings. The molecule has 1 amide bonds.